The molecule has 3 unspecified atom stereocenters. The van der Waals surface area contributed by atoms with Crippen LogP contribution in [0.5, 0.6) is 11.8 Å². The first kappa shape index (κ1) is 41.1. The van der Waals surface area contributed by atoms with Crippen LogP contribution in [0.1, 0.15) is 98.0 Å². The molecule has 0 aliphatic carbocycles. The van der Waals surface area contributed by atoms with E-state index < -0.39 is 45.9 Å². The number of carbonyl (C=O) groups is 1. The third kappa shape index (κ3) is 8.28. The molecular weight excluding hydrogens is 762 g/mol. The molecule has 0 bridgehead atoms. The number of aromatic nitrogens is 4. The summed E-state index contributed by atoms with van der Waals surface area (Å²) in [6, 6.07) is 9.03. The Morgan fingerprint density at radius 1 is 1.04 bits per heavy atom. The van der Waals surface area contributed by atoms with Gasteiger partial charge in [-0.3, -0.25) is 14.1 Å². The van der Waals surface area contributed by atoms with Crippen molar-refractivity contribution in [1.82, 2.24) is 28.8 Å². The number of aliphatic carboxylic acids is 1. The first-order chi connectivity index (χ1) is 27.0. The topological polar surface area (TPSA) is 132 Å². The third-order valence-corrected chi connectivity index (χ3v) is 13.1. The molecule has 2 fully saturated rings. The van der Waals surface area contributed by atoms with E-state index in [0.29, 0.717) is 60.1 Å². The predicted molar refractivity (Wildman–Crippen MR) is 207 cm³/mol. The fourth-order valence-electron chi connectivity index (χ4n) is 8.42. The summed E-state index contributed by atoms with van der Waals surface area (Å²) in [5.41, 5.74) is 1.85. The summed E-state index contributed by atoms with van der Waals surface area (Å²) in [5.74, 6) is -2.30. The van der Waals surface area contributed by atoms with Crippen LogP contribution in [0.25, 0.3) is 5.65 Å². The van der Waals surface area contributed by atoms with E-state index >= 15 is 0 Å². The number of ether oxygens (including phenoxy) is 3. The third-order valence-electron chi connectivity index (χ3n) is 11.7. The molecule has 4 aromatic rings. The van der Waals surface area contributed by atoms with Gasteiger partial charge in [-0.05, 0) is 107 Å². The molecule has 3 aliphatic rings. The number of carboxylic acids is 1. The average Bonchev–Trinajstić information content (AvgIpc) is 3.58. The van der Waals surface area contributed by atoms with Crippen LogP contribution in [0, 0.1) is 26.2 Å². The Labute approximate surface area is 333 Å². The molecule has 7 rings (SSSR count). The van der Waals surface area contributed by atoms with Gasteiger partial charge in [0.05, 0.1) is 25.2 Å². The fraction of sp³-hybridized carbons (Fsp3) is 0.561. The molecule has 1 N–H and O–H groups in total. The second-order valence-corrected chi connectivity index (χ2v) is 17.9. The van der Waals surface area contributed by atoms with Crippen molar-refractivity contribution in [2.24, 2.45) is 5.41 Å². The van der Waals surface area contributed by atoms with Gasteiger partial charge < -0.3 is 19.3 Å². The van der Waals surface area contributed by atoms with E-state index in [-0.39, 0.29) is 24.2 Å². The van der Waals surface area contributed by atoms with E-state index in [1.54, 1.807) is 20.8 Å². The zero-order valence-electron chi connectivity index (χ0n) is 33.3. The lowest BCUT2D eigenvalue weighted by Crippen LogP contribution is -2.49. The number of aryl methyl sites for hydroxylation is 3. The van der Waals surface area contributed by atoms with Crippen molar-refractivity contribution in [3.8, 4) is 11.8 Å². The standard InChI is InChI=1S/C41H51F3N6O6S/c1-25-10-11-29(33(39(5,6)38(51)52)31-12-17-50-34(28(31)4)46-47-37(50)41(42,43)44)21-30(25)23-49-24-40(13-18-54-19-14-40)56-36-32(57(49)53)20-26(2)35(45-36)55-27(3)22-48-15-8-7-9-16-48/h10-12,17,20-21,27,33H,7-9,13-16,18-19,22-24H2,1-6H3,(H,51,52). The monoisotopic (exact) mass is 812 g/mol. The molecule has 0 saturated carbocycles. The van der Waals surface area contributed by atoms with Gasteiger partial charge in [0.25, 0.3) is 0 Å². The van der Waals surface area contributed by atoms with E-state index in [1.165, 1.54) is 31.5 Å². The minimum absolute atomic E-state index is 0.00680. The van der Waals surface area contributed by atoms with Gasteiger partial charge in [0.2, 0.25) is 17.6 Å². The molecule has 6 heterocycles. The van der Waals surface area contributed by atoms with Crippen molar-refractivity contribution in [2.45, 2.75) is 109 Å². The van der Waals surface area contributed by atoms with Crippen molar-refractivity contribution in [3.63, 3.8) is 0 Å². The molecule has 0 radical (unpaired) electrons. The van der Waals surface area contributed by atoms with E-state index in [4.69, 9.17) is 19.2 Å². The number of hydrogen-bond acceptors (Lipinski definition) is 9. The minimum atomic E-state index is -4.73. The van der Waals surface area contributed by atoms with Gasteiger partial charge in [-0.2, -0.15) is 18.2 Å². The number of nitrogens with zero attached hydrogens (tertiary/aromatic N) is 6. The molecule has 12 nitrogen and oxygen atoms in total. The smallest absolute Gasteiger partial charge is 0.452 e. The Hall–Kier alpha value is -4.12. The van der Waals surface area contributed by atoms with Crippen LogP contribution in [-0.4, -0.2) is 95.2 Å². The number of benzene rings is 1. The largest absolute Gasteiger partial charge is 0.481 e. The second-order valence-electron chi connectivity index (χ2n) is 16.4. The van der Waals surface area contributed by atoms with Crippen molar-refractivity contribution in [1.29, 1.82) is 0 Å². The van der Waals surface area contributed by atoms with Crippen LogP contribution in [0.4, 0.5) is 13.2 Å². The van der Waals surface area contributed by atoms with Crippen molar-refractivity contribution in [2.75, 3.05) is 39.4 Å². The first-order valence-corrected chi connectivity index (χ1v) is 20.7. The number of piperidine rings is 1. The molecule has 2 saturated heterocycles. The van der Waals surface area contributed by atoms with Gasteiger partial charge in [0.1, 0.15) is 27.6 Å². The van der Waals surface area contributed by atoms with Crippen LogP contribution in [0.2, 0.25) is 0 Å². The molecule has 0 amide bonds. The van der Waals surface area contributed by atoms with Crippen LogP contribution in [0.3, 0.4) is 0 Å². The molecular formula is C41H51F3N6O6S. The van der Waals surface area contributed by atoms with Gasteiger partial charge in [-0.1, -0.05) is 24.6 Å². The lowest BCUT2D eigenvalue weighted by atomic mass is 9.70. The quantitative estimate of drug-likeness (QED) is 0.178. The Balaban J connectivity index is 1.24. The van der Waals surface area contributed by atoms with Gasteiger partial charge >= 0.3 is 12.1 Å². The molecule has 3 atom stereocenters. The number of carboxylic acid groups (broad SMARTS) is 1. The van der Waals surface area contributed by atoms with Crippen molar-refractivity contribution < 1.29 is 41.5 Å². The van der Waals surface area contributed by atoms with Crippen LogP contribution in [0.15, 0.2) is 41.4 Å². The Morgan fingerprint density at radius 2 is 1.75 bits per heavy atom. The summed E-state index contributed by atoms with van der Waals surface area (Å²) < 4.78 is 77.6. The molecule has 308 valence electrons. The summed E-state index contributed by atoms with van der Waals surface area (Å²) >= 11 is 0. The van der Waals surface area contributed by atoms with Gasteiger partial charge in [-0.15, -0.1) is 10.2 Å². The first-order valence-electron chi connectivity index (χ1n) is 19.6. The molecule has 3 aromatic heterocycles. The summed E-state index contributed by atoms with van der Waals surface area (Å²) in [6.45, 7) is 15.1. The maximum absolute atomic E-state index is 14.7. The minimum Gasteiger partial charge on any atom is -0.481 e. The number of likely N-dealkylation sites (tertiary alicyclic amines) is 1. The van der Waals surface area contributed by atoms with E-state index in [9.17, 15) is 27.3 Å². The fourth-order valence-corrected chi connectivity index (χ4v) is 9.83. The number of halogens is 3. The lowest BCUT2D eigenvalue weighted by molar-refractivity contribution is -0.147. The maximum Gasteiger partial charge on any atom is 0.452 e. The van der Waals surface area contributed by atoms with E-state index in [2.05, 4.69) is 15.1 Å². The number of pyridine rings is 2. The maximum atomic E-state index is 14.7. The van der Waals surface area contributed by atoms with Gasteiger partial charge in [0.15, 0.2) is 5.65 Å². The van der Waals surface area contributed by atoms with Gasteiger partial charge in [0, 0.05) is 43.6 Å². The highest BCUT2D eigenvalue weighted by Crippen LogP contribution is 2.45. The lowest BCUT2D eigenvalue weighted by Gasteiger charge is -2.38. The van der Waals surface area contributed by atoms with E-state index in [1.807, 2.05) is 49.3 Å². The molecule has 3 aliphatic heterocycles. The van der Waals surface area contributed by atoms with E-state index in [0.717, 1.165) is 40.7 Å². The van der Waals surface area contributed by atoms with Gasteiger partial charge in [-0.25, -0.2) is 8.51 Å². The molecule has 57 heavy (non-hydrogen) atoms. The van der Waals surface area contributed by atoms with Crippen LogP contribution in [-0.2, 0) is 33.2 Å². The summed E-state index contributed by atoms with van der Waals surface area (Å²) in [4.78, 5) is 20.6. The van der Waals surface area contributed by atoms with Crippen LogP contribution >= 0.6 is 0 Å². The molecule has 16 heteroatoms. The van der Waals surface area contributed by atoms with Crippen LogP contribution < -0.4 is 9.47 Å². The highest BCUT2D eigenvalue weighted by Gasteiger charge is 2.45. The Morgan fingerprint density at radius 3 is 2.44 bits per heavy atom. The number of hydrogen-bond donors (Lipinski definition) is 1. The van der Waals surface area contributed by atoms with Crippen molar-refractivity contribution >= 4 is 22.6 Å². The summed E-state index contributed by atoms with van der Waals surface area (Å²) in [6.07, 6.45) is 1.15. The Kier molecular flexibility index (Phi) is 11.5. The summed E-state index contributed by atoms with van der Waals surface area (Å²) in [5, 5.41) is 17.8. The second kappa shape index (κ2) is 15.9. The SMILES string of the molecule is Cc1ccc(C(c2ccn3c(C(F)(F)F)nnc3c2C)C(C)(C)C(=O)O)cc1CN1CC2(CCOCC2)Oc2nc(OC(C)CN3CCCCC3)c(C)cc2S1=O. The number of alkyl halides is 3. The number of rotatable bonds is 10. The molecule has 1 spiro atoms. The Bertz CT molecular complexity index is 2160. The zero-order valence-corrected chi connectivity index (χ0v) is 34.1. The van der Waals surface area contributed by atoms with Crippen molar-refractivity contribution in [3.05, 3.63) is 75.7 Å². The number of fused-ring (bicyclic) bond motifs is 2. The highest BCUT2D eigenvalue weighted by atomic mass is 32.2. The highest BCUT2D eigenvalue weighted by molar-refractivity contribution is 7.82. The summed E-state index contributed by atoms with van der Waals surface area (Å²) in [7, 11) is -1.71. The zero-order chi connectivity index (χ0) is 40.9. The molecule has 1 aromatic carbocycles. The predicted octanol–water partition coefficient (Wildman–Crippen LogP) is 7.03. The normalized spacial score (nSPS) is 20.5. The average molecular weight is 813 g/mol.